The Morgan fingerprint density at radius 2 is 2.09 bits per heavy atom. The summed E-state index contributed by atoms with van der Waals surface area (Å²) >= 11 is 1.09. The lowest BCUT2D eigenvalue weighted by Gasteiger charge is -2.11. The lowest BCUT2D eigenvalue weighted by molar-refractivity contribution is -0.136. The molecule has 0 saturated carbocycles. The van der Waals surface area contributed by atoms with E-state index in [0.717, 1.165) is 30.2 Å². The normalized spacial score (nSPS) is 12.0. The Morgan fingerprint density at radius 1 is 1.36 bits per heavy atom. The highest BCUT2D eigenvalue weighted by atomic mass is 32.2. The van der Waals surface area contributed by atoms with Crippen molar-refractivity contribution >= 4 is 17.7 Å². The number of hydrogen-bond donors (Lipinski definition) is 2. The Labute approximate surface area is 132 Å². The van der Waals surface area contributed by atoms with Gasteiger partial charge in [0.15, 0.2) is 5.16 Å². The van der Waals surface area contributed by atoms with Crippen molar-refractivity contribution in [2.75, 3.05) is 0 Å². The third kappa shape index (κ3) is 4.46. The van der Waals surface area contributed by atoms with Gasteiger partial charge in [0.05, 0.1) is 5.69 Å². The fourth-order valence-electron chi connectivity index (χ4n) is 2.00. The quantitative estimate of drug-likeness (QED) is 0.605. The van der Waals surface area contributed by atoms with Crippen molar-refractivity contribution in [2.45, 2.75) is 36.6 Å². The van der Waals surface area contributed by atoms with Crippen LogP contribution in [-0.4, -0.2) is 26.3 Å². The van der Waals surface area contributed by atoms with Crippen LogP contribution in [-0.2, 0) is 4.79 Å². The zero-order valence-electron chi connectivity index (χ0n) is 12.3. The first-order valence-electron chi connectivity index (χ1n) is 7.16. The van der Waals surface area contributed by atoms with E-state index in [4.69, 9.17) is 0 Å². The van der Waals surface area contributed by atoms with Gasteiger partial charge >= 0.3 is 5.97 Å². The molecule has 2 aromatic rings. The average molecular weight is 318 g/mol. The summed E-state index contributed by atoms with van der Waals surface area (Å²) in [6, 6.07) is 10.8. The summed E-state index contributed by atoms with van der Waals surface area (Å²) in [5.41, 5.74) is 1.10. The molecule has 1 heterocycles. The minimum atomic E-state index is -0.883. The number of aromatic nitrogens is 2. The maximum Gasteiger partial charge on any atom is 0.317 e. The molecule has 22 heavy (non-hydrogen) atoms. The van der Waals surface area contributed by atoms with Gasteiger partial charge < -0.3 is 10.1 Å². The molecule has 0 bridgehead atoms. The molecule has 1 atom stereocenters. The molecular weight excluding hydrogens is 300 g/mol. The van der Waals surface area contributed by atoms with Gasteiger partial charge in [-0.3, -0.25) is 9.59 Å². The summed E-state index contributed by atoms with van der Waals surface area (Å²) in [5.74, 6) is -0.883. The molecule has 1 aromatic carbocycles. The molecule has 0 amide bonds. The molecule has 0 radical (unpaired) electrons. The smallest absolute Gasteiger partial charge is 0.317 e. The van der Waals surface area contributed by atoms with Gasteiger partial charge in [0.25, 0.3) is 5.56 Å². The molecule has 0 aliphatic carbocycles. The fraction of sp³-hybridized carbons (Fsp3) is 0.312. The van der Waals surface area contributed by atoms with E-state index in [2.05, 4.69) is 9.97 Å². The number of thioether (sulfide) groups is 1. The highest BCUT2D eigenvalue weighted by Gasteiger charge is 2.20. The number of nitrogens with zero attached hydrogens (tertiary/aromatic N) is 1. The topological polar surface area (TPSA) is 83.0 Å². The zero-order valence-corrected chi connectivity index (χ0v) is 13.1. The largest absolute Gasteiger partial charge is 0.480 e. The van der Waals surface area contributed by atoms with E-state index in [1.165, 1.54) is 6.07 Å². The van der Waals surface area contributed by atoms with Crippen LogP contribution in [0.4, 0.5) is 0 Å². The van der Waals surface area contributed by atoms with E-state index in [1.54, 1.807) is 0 Å². The van der Waals surface area contributed by atoms with Crippen LogP contribution >= 0.6 is 11.8 Å². The molecule has 0 aliphatic rings. The highest BCUT2D eigenvalue weighted by molar-refractivity contribution is 8.00. The SMILES string of the molecule is CCCC[C@H](Sc1nc(-c2ccccc2)cc(=O)[nH]1)C(=O)O. The number of carboxylic acid groups (broad SMARTS) is 1. The summed E-state index contributed by atoms with van der Waals surface area (Å²) in [4.78, 5) is 30.1. The third-order valence-corrected chi connectivity index (χ3v) is 4.28. The Kier molecular flexibility index (Phi) is 5.77. The number of hydrogen-bond acceptors (Lipinski definition) is 4. The van der Waals surface area contributed by atoms with Crippen molar-refractivity contribution in [3.05, 3.63) is 46.8 Å². The molecule has 0 saturated heterocycles. The Bertz CT molecular complexity index is 685. The van der Waals surface area contributed by atoms with Crippen molar-refractivity contribution in [2.24, 2.45) is 0 Å². The van der Waals surface area contributed by atoms with Gasteiger partial charge in [-0.05, 0) is 6.42 Å². The first-order valence-corrected chi connectivity index (χ1v) is 8.04. The molecule has 2 rings (SSSR count). The number of benzene rings is 1. The standard InChI is InChI=1S/C16H18N2O3S/c1-2-3-9-13(15(20)21)22-16-17-12(10-14(19)18-16)11-7-5-4-6-8-11/h4-8,10,13H,2-3,9H2,1H3,(H,20,21)(H,17,18,19)/t13-/m0/s1. The molecule has 0 fully saturated rings. The Morgan fingerprint density at radius 3 is 2.73 bits per heavy atom. The van der Waals surface area contributed by atoms with E-state index in [0.29, 0.717) is 17.3 Å². The summed E-state index contributed by atoms with van der Waals surface area (Å²) in [5, 5.41) is 9.02. The number of carboxylic acids is 1. The molecule has 0 unspecified atom stereocenters. The monoisotopic (exact) mass is 318 g/mol. The van der Waals surface area contributed by atoms with Crippen LogP contribution in [0.1, 0.15) is 26.2 Å². The second kappa shape index (κ2) is 7.79. The van der Waals surface area contributed by atoms with Crippen LogP contribution in [0, 0.1) is 0 Å². The number of rotatable bonds is 7. The van der Waals surface area contributed by atoms with Crippen molar-refractivity contribution in [3.8, 4) is 11.3 Å². The molecule has 1 aromatic heterocycles. The van der Waals surface area contributed by atoms with Gasteiger partial charge in [-0.1, -0.05) is 61.9 Å². The lowest BCUT2D eigenvalue weighted by Crippen LogP contribution is -2.18. The Balaban J connectivity index is 2.26. The van der Waals surface area contributed by atoms with Gasteiger partial charge in [0.2, 0.25) is 0 Å². The van der Waals surface area contributed by atoms with E-state index in [-0.39, 0.29) is 5.56 Å². The highest BCUT2D eigenvalue weighted by Crippen LogP contribution is 2.25. The van der Waals surface area contributed by atoms with Crippen LogP contribution in [0.15, 0.2) is 46.3 Å². The number of unbranched alkanes of at least 4 members (excludes halogenated alkanes) is 1. The van der Waals surface area contributed by atoms with Gasteiger partial charge in [0.1, 0.15) is 5.25 Å². The summed E-state index contributed by atoms with van der Waals surface area (Å²) in [6.07, 6.45) is 2.31. The van der Waals surface area contributed by atoms with Gasteiger partial charge in [-0.15, -0.1) is 0 Å². The molecule has 116 valence electrons. The predicted octanol–water partition coefficient (Wildman–Crippen LogP) is 3.17. The second-order valence-electron chi connectivity index (χ2n) is 4.89. The van der Waals surface area contributed by atoms with Crippen molar-refractivity contribution in [1.82, 2.24) is 9.97 Å². The van der Waals surface area contributed by atoms with Gasteiger partial charge in [0, 0.05) is 11.6 Å². The molecule has 0 aliphatic heterocycles. The zero-order chi connectivity index (χ0) is 15.9. The third-order valence-electron chi connectivity index (χ3n) is 3.14. The number of H-pyrrole nitrogens is 1. The Hall–Kier alpha value is -2.08. The fourth-order valence-corrected chi connectivity index (χ4v) is 2.97. The second-order valence-corrected chi connectivity index (χ2v) is 6.08. The average Bonchev–Trinajstić information content (AvgIpc) is 2.51. The van der Waals surface area contributed by atoms with Gasteiger partial charge in [-0.25, -0.2) is 4.98 Å². The minimum absolute atomic E-state index is 0.281. The van der Waals surface area contributed by atoms with Crippen molar-refractivity contribution in [3.63, 3.8) is 0 Å². The number of nitrogens with one attached hydrogen (secondary N) is 1. The van der Waals surface area contributed by atoms with Gasteiger partial charge in [-0.2, -0.15) is 0 Å². The van der Waals surface area contributed by atoms with E-state index in [9.17, 15) is 14.7 Å². The maximum absolute atomic E-state index is 11.8. The van der Waals surface area contributed by atoms with E-state index in [1.807, 2.05) is 37.3 Å². The van der Waals surface area contributed by atoms with Crippen molar-refractivity contribution < 1.29 is 9.90 Å². The van der Waals surface area contributed by atoms with Crippen LogP contribution in [0.25, 0.3) is 11.3 Å². The van der Waals surface area contributed by atoms with Crippen molar-refractivity contribution in [1.29, 1.82) is 0 Å². The van der Waals surface area contributed by atoms with Crippen LogP contribution in [0.3, 0.4) is 0 Å². The summed E-state index contributed by atoms with van der Waals surface area (Å²) < 4.78 is 0. The van der Waals surface area contributed by atoms with E-state index >= 15 is 0 Å². The molecule has 6 heteroatoms. The molecule has 2 N–H and O–H groups in total. The first kappa shape index (κ1) is 16.3. The molecule has 0 spiro atoms. The maximum atomic E-state index is 11.8. The van der Waals surface area contributed by atoms with Crippen LogP contribution in [0.5, 0.6) is 0 Å². The lowest BCUT2D eigenvalue weighted by atomic mass is 10.1. The van der Waals surface area contributed by atoms with E-state index < -0.39 is 11.2 Å². The minimum Gasteiger partial charge on any atom is -0.480 e. The van der Waals surface area contributed by atoms with Crippen LogP contribution < -0.4 is 5.56 Å². The van der Waals surface area contributed by atoms with Crippen LogP contribution in [0.2, 0.25) is 0 Å². The summed E-state index contributed by atoms with van der Waals surface area (Å²) in [7, 11) is 0. The molecular formula is C16H18N2O3S. The number of carbonyl (C=O) groups is 1. The number of aliphatic carboxylic acids is 1. The predicted molar refractivity (Wildman–Crippen MR) is 87.1 cm³/mol. The summed E-state index contributed by atoms with van der Waals surface area (Å²) in [6.45, 7) is 2.01. The molecule has 5 nitrogen and oxygen atoms in total. The first-order chi connectivity index (χ1) is 10.6. The number of aromatic amines is 1.